The van der Waals surface area contributed by atoms with E-state index in [1.807, 2.05) is 13.0 Å². The van der Waals surface area contributed by atoms with Gasteiger partial charge in [-0.05, 0) is 44.9 Å². The molecule has 0 aliphatic carbocycles. The number of hydrogen-bond donors (Lipinski definition) is 0. The van der Waals surface area contributed by atoms with Gasteiger partial charge in [0.15, 0.2) is 0 Å². The van der Waals surface area contributed by atoms with Gasteiger partial charge in [-0.2, -0.15) is 0 Å². The van der Waals surface area contributed by atoms with Crippen LogP contribution < -0.4 is 0 Å². The molecule has 2 rings (SSSR count). The summed E-state index contributed by atoms with van der Waals surface area (Å²) < 4.78 is 12.6. The van der Waals surface area contributed by atoms with Crippen LogP contribution in [0.15, 0.2) is 42.5 Å². The van der Waals surface area contributed by atoms with Crippen LogP contribution in [-0.4, -0.2) is 0 Å². The van der Waals surface area contributed by atoms with E-state index in [0.29, 0.717) is 5.56 Å². The van der Waals surface area contributed by atoms with Crippen LogP contribution in [-0.2, 0) is 0 Å². The van der Waals surface area contributed by atoms with Gasteiger partial charge in [0.1, 0.15) is 5.82 Å². The molecule has 0 heterocycles. The normalized spacial score (nSPS) is 9.47. The van der Waals surface area contributed by atoms with E-state index in [4.69, 9.17) is 0 Å². The zero-order chi connectivity index (χ0) is 12.8. The number of aryl methyl sites for hydroxylation is 4. The van der Waals surface area contributed by atoms with Crippen molar-refractivity contribution in [1.29, 1.82) is 0 Å². The van der Waals surface area contributed by atoms with Crippen LogP contribution in [0.2, 0.25) is 0 Å². The smallest absolute Gasteiger partial charge is 0.126 e. The first-order chi connectivity index (χ1) is 7.99. The van der Waals surface area contributed by atoms with Crippen molar-refractivity contribution in [3.63, 3.8) is 0 Å². The quantitative estimate of drug-likeness (QED) is 0.613. The molecule has 0 saturated carbocycles. The Morgan fingerprint density at radius 1 is 0.647 bits per heavy atom. The third-order valence-electron chi connectivity index (χ3n) is 2.55. The molecule has 0 bridgehead atoms. The average Bonchev–Trinajstić information content (AvgIpc) is 2.29. The van der Waals surface area contributed by atoms with E-state index in [2.05, 4.69) is 38.1 Å². The highest BCUT2D eigenvalue weighted by Crippen LogP contribution is 2.06. The third-order valence-corrected chi connectivity index (χ3v) is 2.55. The van der Waals surface area contributed by atoms with Crippen LogP contribution in [0.25, 0.3) is 0 Å². The van der Waals surface area contributed by atoms with Crippen molar-refractivity contribution in [3.8, 4) is 0 Å². The monoisotopic (exact) mass is 230 g/mol. The summed E-state index contributed by atoms with van der Waals surface area (Å²) in [6.07, 6.45) is 0. The Bertz CT molecular complexity index is 448. The summed E-state index contributed by atoms with van der Waals surface area (Å²) in [6, 6.07) is 13.7. The number of benzene rings is 2. The fourth-order valence-corrected chi connectivity index (χ4v) is 1.33. The molecule has 0 aliphatic heterocycles. The molecule has 0 amide bonds. The minimum absolute atomic E-state index is 0.116. The predicted molar refractivity (Wildman–Crippen MR) is 71.8 cm³/mol. The van der Waals surface area contributed by atoms with Crippen molar-refractivity contribution in [2.24, 2.45) is 0 Å². The molecule has 0 N–H and O–H groups in total. The van der Waals surface area contributed by atoms with Crippen molar-refractivity contribution >= 4 is 0 Å². The standard InChI is InChI=1S/C8H9F.C8H10/c1-6-3-4-7(2)8(9)5-6;1-7-3-5-8(2)6-4-7/h3-5H,1-2H3;3-6H,1-2H3. The highest BCUT2D eigenvalue weighted by atomic mass is 19.1. The van der Waals surface area contributed by atoms with Gasteiger partial charge in [0.25, 0.3) is 0 Å². The predicted octanol–water partition coefficient (Wildman–Crippen LogP) is 4.75. The Labute approximate surface area is 103 Å². The topological polar surface area (TPSA) is 0 Å². The first kappa shape index (κ1) is 13.4. The Hall–Kier alpha value is -1.63. The van der Waals surface area contributed by atoms with E-state index in [1.54, 1.807) is 13.0 Å². The van der Waals surface area contributed by atoms with Crippen LogP contribution in [0.5, 0.6) is 0 Å². The molecule has 90 valence electrons. The largest absolute Gasteiger partial charge is 0.207 e. The summed E-state index contributed by atoms with van der Waals surface area (Å²) in [5, 5.41) is 0. The number of hydrogen-bond acceptors (Lipinski definition) is 0. The average molecular weight is 230 g/mol. The van der Waals surface area contributed by atoms with E-state index in [1.165, 1.54) is 17.2 Å². The fraction of sp³-hybridized carbons (Fsp3) is 0.250. The zero-order valence-electron chi connectivity index (χ0n) is 10.9. The fourth-order valence-electron chi connectivity index (χ4n) is 1.33. The molecule has 0 atom stereocenters. The van der Waals surface area contributed by atoms with Gasteiger partial charge in [0, 0.05) is 0 Å². The lowest BCUT2D eigenvalue weighted by atomic mass is 10.2. The van der Waals surface area contributed by atoms with Gasteiger partial charge in [-0.15, -0.1) is 0 Å². The molecule has 0 fully saturated rings. The summed E-state index contributed by atoms with van der Waals surface area (Å²) in [4.78, 5) is 0. The molecule has 0 unspecified atom stereocenters. The molecule has 0 spiro atoms. The Balaban J connectivity index is 0.000000171. The highest BCUT2D eigenvalue weighted by molar-refractivity contribution is 5.21. The summed E-state index contributed by atoms with van der Waals surface area (Å²) in [5.74, 6) is -0.116. The summed E-state index contributed by atoms with van der Waals surface area (Å²) in [5.41, 5.74) is 4.34. The van der Waals surface area contributed by atoms with E-state index in [0.717, 1.165) is 5.56 Å². The Kier molecular flexibility index (Phi) is 4.89. The molecular formula is C16H19F. The van der Waals surface area contributed by atoms with E-state index < -0.39 is 0 Å². The van der Waals surface area contributed by atoms with Crippen LogP contribution >= 0.6 is 0 Å². The zero-order valence-corrected chi connectivity index (χ0v) is 10.9. The molecule has 1 heteroatoms. The maximum atomic E-state index is 12.6. The Morgan fingerprint density at radius 2 is 1.06 bits per heavy atom. The maximum Gasteiger partial charge on any atom is 0.126 e. The molecule has 17 heavy (non-hydrogen) atoms. The lowest BCUT2D eigenvalue weighted by Gasteiger charge is -1.94. The van der Waals surface area contributed by atoms with Crippen molar-refractivity contribution in [2.75, 3.05) is 0 Å². The molecule has 0 saturated heterocycles. The van der Waals surface area contributed by atoms with Gasteiger partial charge in [0.2, 0.25) is 0 Å². The van der Waals surface area contributed by atoms with Crippen LogP contribution in [0.1, 0.15) is 22.3 Å². The van der Waals surface area contributed by atoms with Gasteiger partial charge >= 0.3 is 0 Å². The number of halogens is 1. The SMILES string of the molecule is Cc1ccc(C)c(F)c1.Cc1ccc(C)cc1. The second-order valence-electron chi connectivity index (χ2n) is 4.41. The number of rotatable bonds is 0. The third kappa shape index (κ3) is 4.81. The van der Waals surface area contributed by atoms with Crippen molar-refractivity contribution in [1.82, 2.24) is 0 Å². The molecule has 0 radical (unpaired) electrons. The minimum atomic E-state index is -0.116. The van der Waals surface area contributed by atoms with Gasteiger partial charge in [0.05, 0.1) is 0 Å². The Morgan fingerprint density at radius 3 is 1.41 bits per heavy atom. The van der Waals surface area contributed by atoms with Crippen molar-refractivity contribution in [2.45, 2.75) is 27.7 Å². The lowest BCUT2D eigenvalue weighted by Crippen LogP contribution is -1.81. The van der Waals surface area contributed by atoms with Crippen molar-refractivity contribution < 1.29 is 4.39 Å². The molecule has 0 aliphatic rings. The van der Waals surface area contributed by atoms with Crippen LogP contribution in [0.4, 0.5) is 4.39 Å². The lowest BCUT2D eigenvalue weighted by molar-refractivity contribution is 0.617. The van der Waals surface area contributed by atoms with Gasteiger partial charge < -0.3 is 0 Å². The van der Waals surface area contributed by atoms with Crippen LogP contribution in [0.3, 0.4) is 0 Å². The summed E-state index contributed by atoms with van der Waals surface area (Å²) in [6.45, 7) is 7.83. The van der Waals surface area contributed by atoms with Gasteiger partial charge in [-0.1, -0.05) is 47.5 Å². The maximum absolute atomic E-state index is 12.6. The highest BCUT2D eigenvalue weighted by Gasteiger charge is 1.93. The van der Waals surface area contributed by atoms with Crippen LogP contribution in [0, 0.1) is 33.5 Å². The van der Waals surface area contributed by atoms with Crippen molar-refractivity contribution in [3.05, 3.63) is 70.5 Å². The van der Waals surface area contributed by atoms with E-state index in [9.17, 15) is 4.39 Å². The molecule has 0 nitrogen and oxygen atoms in total. The summed E-state index contributed by atoms with van der Waals surface area (Å²) in [7, 11) is 0. The second-order valence-corrected chi connectivity index (χ2v) is 4.41. The van der Waals surface area contributed by atoms with E-state index >= 15 is 0 Å². The first-order valence-corrected chi connectivity index (χ1v) is 5.75. The summed E-state index contributed by atoms with van der Waals surface area (Å²) >= 11 is 0. The second kappa shape index (κ2) is 6.19. The van der Waals surface area contributed by atoms with E-state index in [-0.39, 0.29) is 5.82 Å². The molecule has 0 aromatic heterocycles. The van der Waals surface area contributed by atoms with Gasteiger partial charge in [-0.25, -0.2) is 4.39 Å². The molecular weight excluding hydrogens is 211 g/mol. The molecule has 2 aromatic carbocycles. The molecule has 2 aromatic rings. The first-order valence-electron chi connectivity index (χ1n) is 5.75. The minimum Gasteiger partial charge on any atom is -0.207 e. The van der Waals surface area contributed by atoms with Gasteiger partial charge in [-0.3, -0.25) is 0 Å².